The van der Waals surface area contributed by atoms with Gasteiger partial charge >= 0.3 is 0 Å². The first-order valence-electron chi connectivity index (χ1n) is 5.35. The molecule has 1 heterocycles. The van der Waals surface area contributed by atoms with Crippen LogP contribution in [0.5, 0.6) is 0 Å². The van der Waals surface area contributed by atoms with Crippen molar-refractivity contribution >= 4 is 29.0 Å². The second-order valence-corrected chi connectivity index (χ2v) is 4.33. The molecule has 0 atom stereocenters. The Labute approximate surface area is 110 Å². The first-order valence-corrected chi connectivity index (χ1v) is 5.73. The normalized spacial score (nSPS) is 10.1. The number of carbonyl (C=O) groups is 1. The number of anilines is 2. The number of amides is 1. The van der Waals surface area contributed by atoms with E-state index in [4.69, 9.17) is 17.3 Å². The molecule has 0 aliphatic heterocycles. The Morgan fingerprint density at radius 1 is 1.33 bits per heavy atom. The molecule has 0 radical (unpaired) electrons. The van der Waals surface area contributed by atoms with Gasteiger partial charge in [-0.25, -0.2) is 4.98 Å². The van der Waals surface area contributed by atoms with Crippen LogP contribution >= 0.6 is 11.6 Å². The van der Waals surface area contributed by atoms with Gasteiger partial charge in [0.25, 0.3) is 5.91 Å². The summed E-state index contributed by atoms with van der Waals surface area (Å²) in [4.78, 5) is 16.0. The van der Waals surface area contributed by atoms with Crippen molar-refractivity contribution in [3.63, 3.8) is 0 Å². The molecular formula is C13H12ClN3O. The van der Waals surface area contributed by atoms with Gasteiger partial charge in [-0.1, -0.05) is 11.6 Å². The minimum absolute atomic E-state index is 0.220. The average molecular weight is 262 g/mol. The number of nitrogen functional groups attached to an aromatic ring is 1. The number of halogens is 1. The number of hydrogen-bond donors (Lipinski definition) is 2. The van der Waals surface area contributed by atoms with Crippen LogP contribution in [0.1, 0.15) is 15.9 Å². The van der Waals surface area contributed by atoms with Gasteiger partial charge in [-0.2, -0.15) is 0 Å². The van der Waals surface area contributed by atoms with E-state index in [2.05, 4.69) is 10.3 Å². The molecule has 0 fully saturated rings. The van der Waals surface area contributed by atoms with E-state index in [0.29, 0.717) is 22.1 Å². The molecule has 1 aromatic carbocycles. The Kier molecular flexibility index (Phi) is 3.48. The number of rotatable bonds is 2. The smallest absolute Gasteiger partial charge is 0.257 e. The fraction of sp³-hybridized carbons (Fsp3) is 0.0769. The van der Waals surface area contributed by atoms with E-state index in [9.17, 15) is 4.79 Å². The highest BCUT2D eigenvalue weighted by Crippen LogP contribution is 2.15. The van der Waals surface area contributed by atoms with Gasteiger partial charge in [0.05, 0.1) is 5.02 Å². The predicted molar refractivity (Wildman–Crippen MR) is 72.8 cm³/mol. The number of nitrogens with one attached hydrogen (secondary N) is 1. The number of hydrogen-bond acceptors (Lipinski definition) is 3. The maximum absolute atomic E-state index is 12.0. The predicted octanol–water partition coefficient (Wildman–Crippen LogP) is 2.88. The van der Waals surface area contributed by atoms with Crippen LogP contribution in [0.3, 0.4) is 0 Å². The van der Waals surface area contributed by atoms with Gasteiger partial charge in [-0.05, 0) is 42.8 Å². The summed E-state index contributed by atoms with van der Waals surface area (Å²) in [6, 6.07) is 8.45. The number of benzene rings is 1. The second kappa shape index (κ2) is 5.06. The van der Waals surface area contributed by atoms with E-state index < -0.39 is 0 Å². The number of aromatic nitrogens is 1. The first kappa shape index (κ1) is 12.4. The van der Waals surface area contributed by atoms with Gasteiger partial charge in [0, 0.05) is 17.4 Å². The summed E-state index contributed by atoms with van der Waals surface area (Å²) in [6.45, 7) is 1.83. The van der Waals surface area contributed by atoms with E-state index in [1.165, 1.54) is 6.20 Å². The third-order valence-electron chi connectivity index (χ3n) is 2.46. The van der Waals surface area contributed by atoms with Gasteiger partial charge in [0.15, 0.2) is 0 Å². The Hall–Kier alpha value is -2.07. The van der Waals surface area contributed by atoms with Crippen LogP contribution in [-0.4, -0.2) is 10.9 Å². The van der Waals surface area contributed by atoms with Gasteiger partial charge in [-0.3, -0.25) is 4.79 Å². The fourth-order valence-electron chi connectivity index (χ4n) is 1.58. The van der Waals surface area contributed by atoms with Crippen LogP contribution in [0.25, 0.3) is 0 Å². The Balaban J connectivity index is 2.19. The highest BCUT2D eigenvalue weighted by atomic mass is 35.5. The summed E-state index contributed by atoms with van der Waals surface area (Å²) in [5.74, 6) is 0.239. The number of aryl methyl sites for hydroxylation is 1. The van der Waals surface area contributed by atoms with E-state index >= 15 is 0 Å². The van der Waals surface area contributed by atoms with Crippen molar-refractivity contribution in [2.24, 2.45) is 0 Å². The zero-order chi connectivity index (χ0) is 13.1. The highest BCUT2D eigenvalue weighted by molar-refractivity contribution is 6.30. The number of nitrogens with two attached hydrogens (primary N) is 1. The van der Waals surface area contributed by atoms with Gasteiger partial charge in [0.2, 0.25) is 0 Å². The molecule has 5 heteroatoms. The van der Waals surface area contributed by atoms with Gasteiger partial charge in [-0.15, -0.1) is 0 Å². The summed E-state index contributed by atoms with van der Waals surface area (Å²) in [7, 11) is 0. The van der Waals surface area contributed by atoms with Crippen molar-refractivity contribution in [2.75, 3.05) is 11.1 Å². The third-order valence-corrected chi connectivity index (χ3v) is 2.69. The van der Waals surface area contributed by atoms with Crippen molar-refractivity contribution in [3.8, 4) is 0 Å². The van der Waals surface area contributed by atoms with Crippen molar-refractivity contribution in [3.05, 3.63) is 52.7 Å². The molecule has 0 saturated heterocycles. The molecule has 0 saturated carbocycles. The topological polar surface area (TPSA) is 68.0 Å². The zero-order valence-electron chi connectivity index (χ0n) is 9.77. The minimum Gasteiger partial charge on any atom is -0.399 e. The quantitative estimate of drug-likeness (QED) is 0.817. The summed E-state index contributed by atoms with van der Waals surface area (Å²) < 4.78 is 0. The lowest BCUT2D eigenvalue weighted by atomic mass is 10.1. The number of carbonyl (C=O) groups excluding carboxylic acids is 1. The van der Waals surface area contributed by atoms with Crippen LogP contribution in [0.15, 0.2) is 36.5 Å². The zero-order valence-corrected chi connectivity index (χ0v) is 10.5. The molecule has 2 rings (SSSR count). The Morgan fingerprint density at radius 3 is 2.72 bits per heavy atom. The third kappa shape index (κ3) is 2.78. The molecule has 92 valence electrons. The fourth-order valence-corrected chi connectivity index (χ4v) is 1.69. The molecule has 1 aromatic heterocycles. The Bertz CT molecular complexity index is 581. The van der Waals surface area contributed by atoms with Gasteiger partial charge < -0.3 is 11.1 Å². The van der Waals surface area contributed by atoms with Crippen LogP contribution in [0.4, 0.5) is 11.5 Å². The minimum atomic E-state index is -0.220. The maximum atomic E-state index is 12.0. The summed E-state index contributed by atoms with van der Waals surface area (Å²) in [5.41, 5.74) is 7.66. The van der Waals surface area contributed by atoms with E-state index in [1.807, 2.05) is 6.92 Å². The molecule has 0 bridgehead atoms. The molecular weight excluding hydrogens is 250 g/mol. The maximum Gasteiger partial charge on any atom is 0.257 e. The van der Waals surface area contributed by atoms with E-state index in [0.717, 1.165) is 5.56 Å². The standard InChI is InChI=1S/C13H12ClN3O/c1-8-6-10(15)3-4-11(8)13(18)17-12-5-2-9(14)7-16-12/h2-7H,15H2,1H3,(H,16,17,18). The highest BCUT2D eigenvalue weighted by Gasteiger charge is 2.09. The summed E-state index contributed by atoms with van der Waals surface area (Å²) in [5, 5.41) is 3.22. The number of pyridine rings is 1. The van der Waals surface area contributed by atoms with Crippen molar-refractivity contribution < 1.29 is 4.79 Å². The van der Waals surface area contributed by atoms with Crippen LogP contribution in [0.2, 0.25) is 5.02 Å². The molecule has 1 amide bonds. The summed E-state index contributed by atoms with van der Waals surface area (Å²) in [6.07, 6.45) is 1.48. The average Bonchev–Trinajstić information content (AvgIpc) is 2.32. The van der Waals surface area contributed by atoms with E-state index in [1.54, 1.807) is 30.3 Å². The van der Waals surface area contributed by atoms with Crippen LogP contribution in [-0.2, 0) is 0 Å². The molecule has 0 spiro atoms. The second-order valence-electron chi connectivity index (χ2n) is 3.89. The molecule has 18 heavy (non-hydrogen) atoms. The largest absolute Gasteiger partial charge is 0.399 e. The van der Waals surface area contributed by atoms with Crippen LogP contribution in [0, 0.1) is 6.92 Å². The molecule has 3 N–H and O–H groups in total. The number of nitrogens with zero attached hydrogens (tertiary/aromatic N) is 1. The molecule has 0 aliphatic carbocycles. The SMILES string of the molecule is Cc1cc(N)ccc1C(=O)Nc1ccc(Cl)cn1. The monoisotopic (exact) mass is 261 g/mol. The lowest BCUT2D eigenvalue weighted by Crippen LogP contribution is -2.14. The molecule has 4 nitrogen and oxygen atoms in total. The van der Waals surface area contributed by atoms with Gasteiger partial charge in [0.1, 0.15) is 5.82 Å². The summed E-state index contributed by atoms with van der Waals surface area (Å²) >= 11 is 5.72. The lowest BCUT2D eigenvalue weighted by Gasteiger charge is -2.07. The first-order chi connectivity index (χ1) is 8.56. The molecule has 0 unspecified atom stereocenters. The molecule has 0 aliphatic rings. The lowest BCUT2D eigenvalue weighted by molar-refractivity contribution is 0.102. The van der Waals surface area contributed by atoms with Crippen LogP contribution < -0.4 is 11.1 Å². The van der Waals surface area contributed by atoms with Crippen molar-refractivity contribution in [1.82, 2.24) is 4.98 Å². The van der Waals surface area contributed by atoms with Crippen molar-refractivity contribution in [1.29, 1.82) is 0 Å². The molecule has 2 aromatic rings. The van der Waals surface area contributed by atoms with Crippen molar-refractivity contribution in [2.45, 2.75) is 6.92 Å². The Morgan fingerprint density at radius 2 is 2.11 bits per heavy atom. The van der Waals surface area contributed by atoms with E-state index in [-0.39, 0.29) is 5.91 Å².